The zero-order chi connectivity index (χ0) is 24.1. The molecule has 0 radical (unpaired) electrons. The third-order valence-corrected chi connectivity index (χ3v) is 6.25. The van der Waals surface area contributed by atoms with Crippen molar-refractivity contribution < 1.29 is 38.4 Å². The van der Waals surface area contributed by atoms with Crippen LogP contribution in [-0.2, 0) is 4.79 Å². The number of ketones is 1. The first-order chi connectivity index (χ1) is 17.0. The smallest absolute Gasteiger partial charge is 0.312 e. The number of hydrogen-bond donors (Lipinski definition) is 1. The van der Waals surface area contributed by atoms with Crippen LogP contribution in [0.15, 0.2) is 54.3 Å². The number of benzene rings is 3. The molecule has 3 aliphatic heterocycles. The maximum atomic E-state index is 13.2. The Morgan fingerprint density at radius 1 is 0.943 bits per heavy atom. The van der Waals surface area contributed by atoms with E-state index in [1.807, 2.05) is 6.07 Å². The predicted molar refractivity (Wildman–Crippen MR) is 124 cm³/mol. The zero-order valence-electron chi connectivity index (χ0n) is 18.7. The summed E-state index contributed by atoms with van der Waals surface area (Å²) in [6.07, 6.45) is 1.70. The summed E-state index contributed by atoms with van der Waals surface area (Å²) in [4.78, 5) is 25.6. The molecule has 1 unspecified atom stereocenters. The zero-order valence-corrected chi connectivity index (χ0v) is 18.7. The van der Waals surface area contributed by atoms with Gasteiger partial charge < -0.3 is 28.8 Å². The molecule has 0 fully saturated rings. The predicted octanol–water partition coefficient (Wildman–Crippen LogP) is 4.23. The summed E-state index contributed by atoms with van der Waals surface area (Å²) < 4.78 is 28.0. The highest BCUT2D eigenvalue weighted by Crippen LogP contribution is 2.49. The largest absolute Gasteiger partial charge is 0.504 e. The Morgan fingerprint density at radius 2 is 1.74 bits per heavy atom. The van der Waals surface area contributed by atoms with E-state index >= 15 is 0 Å². The van der Waals surface area contributed by atoms with Crippen molar-refractivity contribution in [2.45, 2.75) is 12.3 Å². The van der Waals surface area contributed by atoms with Gasteiger partial charge in [0, 0.05) is 11.5 Å². The van der Waals surface area contributed by atoms with E-state index in [0.29, 0.717) is 47.3 Å². The topological polar surface area (TPSA) is 101 Å². The minimum Gasteiger partial charge on any atom is -0.504 e. The lowest BCUT2D eigenvalue weighted by atomic mass is 9.84. The number of methoxy groups -OCH3 is 1. The SMILES string of the molecule is COc1cc(C2CC(=O)Oc3ccc4c(c32)O/C(=C\c2ccc3c(c2)OCCO3)C4=O)ccc1O. The van der Waals surface area contributed by atoms with Crippen LogP contribution >= 0.6 is 0 Å². The molecule has 1 atom stereocenters. The van der Waals surface area contributed by atoms with Gasteiger partial charge in [-0.3, -0.25) is 9.59 Å². The molecule has 1 N–H and O–H groups in total. The standard InChI is InChI=1S/C27H20O8/c1-31-21-12-15(3-5-18(21)28)17-13-24(29)34-20-7-4-16-26(30)23(35-27(16)25(17)20)11-14-2-6-19-22(10-14)33-9-8-32-19/h2-7,10-12,17,28H,8-9,13H2,1H3/b23-11-. The Bertz CT molecular complexity index is 1420. The van der Waals surface area contributed by atoms with Crippen LogP contribution in [0.2, 0.25) is 0 Å². The van der Waals surface area contributed by atoms with Gasteiger partial charge in [0.05, 0.1) is 19.1 Å². The van der Waals surface area contributed by atoms with Gasteiger partial charge in [-0.1, -0.05) is 12.1 Å². The normalized spacial score (nSPS) is 19.0. The molecule has 0 saturated heterocycles. The number of ether oxygens (including phenoxy) is 5. The third-order valence-electron chi connectivity index (χ3n) is 6.25. The maximum absolute atomic E-state index is 13.2. The monoisotopic (exact) mass is 472 g/mol. The van der Waals surface area contributed by atoms with Gasteiger partial charge in [0.25, 0.3) is 0 Å². The highest BCUT2D eigenvalue weighted by Gasteiger charge is 2.38. The Labute approximate surface area is 200 Å². The molecule has 0 aliphatic carbocycles. The molecule has 8 heteroatoms. The van der Waals surface area contributed by atoms with Crippen molar-refractivity contribution in [3.8, 4) is 34.5 Å². The first-order valence-corrected chi connectivity index (χ1v) is 11.1. The summed E-state index contributed by atoms with van der Waals surface area (Å²) in [6, 6.07) is 13.5. The quantitative estimate of drug-likeness (QED) is 0.343. The van der Waals surface area contributed by atoms with Crippen molar-refractivity contribution >= 4 is 17.8 Å². The third kappa shape index (κ3) is 3.54. The van der Waals surface area contributed by atoms with Gasteiger partial charge in [-0.25, -0.2) is 0 Å². The second-order valence-electron chi connectivity index (χ2n) is 8.36. The molecule has 35 heavy (non-hydrogen) atoms. The number of Topliss-reactive ketones (excluding diaryl/α,β-unsaturated/α-hetero) is 1. The van der Waals surface area contributed by atoms with Gasteiger partial charge in [0.15, 0.2) is 28.8 Å². The van der Waals surface area contributed by atoms with E-state index in [2.05, 4.69) is 0 Å². The minimum absolute atomic E-state index is 0.00998. The molecular formula is C27H20O8. The van der Waals surface area contributed by atoms with Gasteiger partial charge in [0.2, 0.25) is 5.78 Å². The number of fused-ring (bicyclic) bond motifs is 4. The highest BCUT2D eigenvalue weighted by molar-refractivity contribution is 6.15. The van der Waals surface area contributed by atoms with Gasteiger partial charge in [-0.05, 0) is 53.6 Å². The van der Waals surface area contributed by atoms with Crippen molar-refractivity contribution in [1.82, 2.24) is 0 Å². The number of allylic oxidation sites excluding steroid dienone is 1. The van der Waals surface area contributed by atoms with E-state index in [4.69, 9.17) is 23.7 Å². The summed E-state index contributed by atoms with van der Waals surface area (Å²) in [6.45, 7) is 0.955. The number of carbonyl (C=O) groups is 2. The number of carbonyl (C=O) groups excluding carboxylic acids is 2. The molecule has 3 aliphatic rings. The maximum Gasteiger partial charge on any atom is 0.312 e. The van der Waals surface area contributed by atoms with E-state index < -0.39 is 11.9 Å². The van der Waals surface area contributed by atoms with Crippen LogP contribution in [0.4, 0.5) is 0 Å². The summed E-state index contributed by atoms with van der Waals surface area (Å²) in [5.41, 5.74) is 2.45. The molecule has 0 aromatic heterocycles. The van der Waals surface area contributed by atoms with Crippen molar-refractivity contribution in [2.75, 3.05) is 20.3 Å². The number of phenols is 1. The second kappa shape index (κ2) is 8.09. The van der Waals surface area contributed by atoms with Crippen LogP contribution in [0, 0.1) is 0 Å². The van der Waals surface area contributed by atoms with Gasteiger partial charge in [-0.2, -0.15) is 0 Å². The first-order valence-electron chi connectivity index (χ1n) is 11.1. The summed E-state index contributed by atoms with van der Waals surface area (Å²) in [5, 5.41) is 10.0. The van der Waals surface area contributed by atoms with Gasteiger partial charge >= 0.3 is 5.97 Å². The molecular weight excluding hydrogens is 452 g/mol. The van der Waals surface area contributed by atoms with Crippen LogP contribution in [0.25, 0.3) is 6.08 Å². The average Bonchev–Trinajstić information content (AvgIpc) is 3.18. The average molecular weight is 472 g/mol. The highest BCUT2D eigenvalue weighted by atomic mass is 16.6. The van der Waals surface area contributed by atoms with Crippen molar-refractivity contribution in [3.63, 3.8) is 0 Å². The Hall–Kier alpha value is -4.46. The minimum atomic E-state index is -0.447. The number of phenolic OH excluding ortho intramolecular Hbond substituents is 1. The molecule has 3 heterocycles. The number of rotatable bonds is 3. The fraction of sp³-hybridized carbons (Fsp3) is 0.185. The van der Waals surface area contributed by atoms with E-state index in [9.17, 15) is 14.7 Å². The van der Waals surface area contributed by atoms with E-state index in [1.165, 1.54) is 13.2 Å². The first kappa shape index (κ1) is 21.1. The Balaban J connectivity index is 1.41. The van der Waals surface area contributed by atoms with Crippen LogP contribution in [-0.4, -0.2) is 37.2 Å². The summed E-state index contributed by atoms with van der Waals surface area (Å²) >= 11 is 0. The number of esters is 1. The van der Waals surface area contributed by atoms with Crippen molar-refractivity contribution in [3.05, 3.63) is 76.5 Å². The van der Waals surface area contributed by atoms with E-state index in [-0.39, 0.29) is 29.5 Å². The molecule has 0 saturated carbocycles. The number of hydrogen-bond acceptors (Lipinski definition) is 8. The van der Waals surface area contributed by atoms with E-state index in [0.717, 1.165) is 11.1 Å². The molecule has 0 spiro atoms. The molecule has 0 amide bonds. The lowest BCUT2D eigenvalue weighted by Gasteiger charge is -2.26. The molecule has 3 aromatic carbocycles. The molecule has 0 bridgehead atoms. The van der Waals surface area contributed by atoms with Crippen molar-refractivity contribution in [1.29, 1.82) is 0 Å². The van der Waals surface area contributed by atoms with Gasteiger partial charge in [0.1, 0.15) is 24.7 Å². The lowest BCUT2D eigenvalue weighted by molar-refractivity contribution is -0.135. The molecule has 3 aromatic rings. The molecule has 6 rings (SSSR count). The fourth-order valence-corrected chi connectivity index (χ4v) is 4.60. The second-order valence-corrected chi connectivity index (χ2v) is 8.36. The van der Waals surface area contributed by atoms with Crippen molar-refractivity contribution in [2.24, 2.45) is 0 Å². The summed E-state index contributed by atoms with van der Waals surface area (Å²) in [7, 11) is 1.45. The van der Waals surface area contributed by atoms with Crippen LogP contribution in [0.5, 0.6) is 34.5 Å². The van der Waals surface area contributed by atoms with E-state index in [1.54, 1.807) is 42.5 Å². The van der Waals surface area contributed by atoms with Crippen LogP contribution in [0.3, 0.4) is 0 Å². The summed E-state index contributed by atoms with van der Waals surface area (Å²) in [5.74, 6) is 1.29. The van der Waals surface area contributed by atoms with Crippen LogP contribution in [0.1, 0.15) is 39.4 Å². The van der Waals surface area contributed by atoms with Gasteiger partial charge in [-0.15, -0.1) is 0 Å². The molecule has 176 valence electrons. The Kier molecular flexibility index (Phi) is 4.88. The molecule has 8 nitrogen and oxygen atoms in total. The lowest BCUT2D eigenvalue weighted by Crippen LogP contribution is -2.21. The fourth-order valence-electron chi connectivity index (χ4n) is 4.60. The number of aromatic hydroxyl groups is 1. The Morgan fingerprint density at radius 3 is 2.57 bits per heavy atom. The van der Waals surface area contributed by atoms with Crippen LogP contribution < -0.4 is 23.7 Å².